The van der Waals surface area contributed by atoms with Crippen molar-refractivity contribution in [1.82, 2.24) is 0 Å². The summed E-state index contributed by atoms with van der Waals surface area (Å²) in [5, 5.41) is 2.85. The summed E-state index contributed by atoms with van der Waals surface area (Å²) in [4.78, 5) is 23.6. The van der Waals surface area contributed by atoms with Crippen LogP contribution in [0.25, 0.3) is 0 Å². The molecule has 0 radical (unpaired) electrons. The summed E-state index contributed by atoms with van der Waals surface area (Å²) in [5.41, 5.74) is 2.72. The molecular weight excluding hydrogens is 318 g/mol. The standard InChI is InChI=1S/C16H14BrNO2/c1-10-6-7-14(17)9-15(10)18-16(20)13-5-3-4-12(8-13)11(2)19/h3-9H,1-2H3,(H,18,20). The van der Waals surface area contributed by atoms with Gasteiger partial charge in [0, 0.05) is 21.3 Å². The van der Waals surface area contributed by atoms with Crippen molar-refractivity contribution in [1.29, 1.82) is 0 Å². The van der Waals surface area contributed by atoms with Crippen LogP contribution in [0.2, 0.25) is 0 Å². The summed E-state index contributed by atoms with van der Waals surface area (Å²) >= 11 is 3.38. The Labute approximate surface area is 126 Å². The lowest BCUT2D eigenvalue weighted by Gasteiger charge is -2.09. The number of Topliss-reactive ketones (excluding diaryl/α,β-unsaturated/α-hetero) is 1. The number of aryl methyl sites for hydroxylation is 1. The normalized spacial score (nSPS) is 10.2. The van der Waals surface area contributed by atoms with E-state index >= 15 is 0 Å². The van der Waals surface area contributed by atoms with Crippen LogP contribution < -0.4 is 5.32 Å². The van der Waals surface area contributed by atoms with Gasteiger partial charge in [0.1, 0.15) is 0 Å². The lowest BCUT2D eigenvalue weighted by atomic mass is 10.1. The number of benzene rings is 2. The van der Waals surface area contributed by atoms with Crippen molar-refractivity contribution < 1.29 is 9.59 Å². The van der Waals surface area contributed by atoms with E-state index in [1.165, 1.54) is 6.92 Å². The van der Waals surface area contributed by atoms with E-state index < -0.39 is 0 Å². The highest BCUT2D eigenvalue weighted by atomic mass is 79.9. The van der Waals surface area contributed by atoms with Crippen LogP contribution in [-0.2, 0) is 0 Å². The molecule has 0 spiro atoms. The van der Waals surface area contributed by atoms with E-state index in [4.69, 9.17) is 0 Å². The van der Waals surface area contributed by atoms with E-state index in [1.807, 2.05) is 25.1 Å². The van der Waals surface area contributed by atoms with E-state index in [9.17, 15) is 9.59 Å². The Bertz CT molecular complexity index is 680. The minimum Gasteiger partial charge on any atom is -0.322 e. The van der Waals surface area contributed by atoms with Crippen LogP contribution >= 0.6 is 15.9 Å². The molecule has 0 bridgehead atoms. The Morgan fingerprint density at radius 3 is 2.45 bits per heavy atom. The van der Waals surface area contributed by atoms with Gasteiger partial charge < -0.3 is 5.32 Å². The largest absolute Gasteiger partial charge is 0.322 e. The molecule has 0 saturated heterocycles. The fraction of sp³-hybridized carbons (Fsp3) is 0.125. The maximum Gasteiger partial charge on any atom is 0.255 e. The van der Waals surface area contributed by atoms with Gasteiger partial charge in [0.15, 0.2) is 5.78 Å². The third kappa shape index (κ3) is 3.33. The van der Waals surface area contributed by atoms with Crippen molar-refractivity contribution in [3.63, 3.8) is 0 Å². The average molecular weight is 332 g/mol. The minimum atomic E-state index is -0.227. The Morgan fingerprint density at radius 1 is 1.05 bits per heavy atom. The number of ketones is 1. The molecule has 0 atom stereocenters. The second kappa shape index (κ2) is 6.01. The fourth-order valence-corrected chi connectivity index (χ4v) is 2.16. The van der Waals surface area contributed by atoms with Gasteiger partial charge >= 0.3 is 0 Å². The molecule has 2 rings (SSSR count). The quantitative estimate of drug-likeness (QED) is 0.856. The van der Waals surface area contributed by atoms with E-state index in [0.29, 0.717) is 11.1 Å². The molecule has 2 aromatic rings. The molecule has 0 saturated carbocycles. The van der Waals surface area contributed by atoms with E-state index in [-0.39, 0.29) is 11.7 Å². The molecule has 3 nitrogen and oxygen atoms in total. The number of nitrogens with one attached hydrogen (secondary N) is 1. The Balaban J connectivity index is 2.26. The van der Waals surface area contributed by atoms with Crippen LogP contribution in [0.4, 0.5) is 5.69 Å². The molecule has 0 aliphatic heterocycles. The smallest absolute Gasteiger partial charge is 0.255 e. The first-order valence-corrected chi connectivity index (χ1v) is 6.95. The summed E-state index contributed by atoms with van der Waals surface area (Å²) in [6.45, 7) is 3.41. The third-order valence-corrected chi connectivity index (χ3v) is 3.47. The highest BCUT2D eigenvalue weighted by Gasteiger charge is 2.10. The minimum absolute atomic E-state index is 0.0571. The number of rotatable bonds is 3. The molecule has 2 aromatic carbocycles. The summed E-state index contributed by atoms with van der Waals surface area (Å²) < 4.78 is 0.899. The summed E-state index contributed by atoms with van der Waals surface area (Å²) in [5.74, 6) is -0.285. The van der Waals surface area contributed by atoms with Crippen LogP contribution in [0.3, 0.4) is 0 Å². The first kappa shape index (κ1) is 14.5. The van der Waals surface area contributed by atoms with E-state index in [2.05, 4.69) is 21.2 Å². The van der Waals surface area contributed by atoms with Gasteiger partial charge in [-0.3, -0.25) is 9.59 Å². The third-order valence-electron chi connectivity index (χ3n) is 2.98. The van der Waals surface area contributed by atoms with Crippen molar-refractivity contribution in [3.05, 3.63) is 63.6 Å². The summed E-state index contributed by atoms with van der Waals surface area (Å²) in [6, 6.07) is 12.4. The number of halogens is 1. The van der Waals surface area contributed by atoms with Gasteiger partial charge in [-0.15, -0.1) is 0 Å². The molecular formula is C16H14BrNO2. The molecule has 0 unspecified atom stereocenters. The van der Waals surface area contributed by atoms with Crippen molar-refractivity contribution >= 4 is 33.3 Å². The predicted molar refractivity (Wildman–Crippen MR) is 83.3 cm³/mol. The molecule has 1 amide bonds. The van der Waals surface area contributed by atoms with Crippen molar-refractivity contribution in [2.45, 2.75) is 13.8 Å². The number of carbonyl (C=O) groups is 2. The van der Waals surface area contributed by atoms with Crippen molar-refractivity contribution in [3.8, 4) is 0 Å². The molecule has 0 aromatic heterocycles. The summed E-state index contributed by atoms with van der Waals surface area (Å²) in [6.07, 6.45) is 0. The van der Waals surface area contributed by atoms with Crippen LogP contribution in [0.15, 0.2) is 46.9 Å². The number of carbonyl (C=O) groups excluding carboxylic acids is 2. The second-order valence-electron chi connectivity index (χ2n) is 4.55. The molecule has 4 heteroatoms. The number of hydrogen-bond acceptors (Lipinski definition) is 2. The lowest BCUT2D eigenvalue weighted by Crippen LogP contribution is -2.13. The first-order valence-electron chi connectivity index (χ1n) is 6.16. The zero-order chi connectivity index (χ0) is 14.7. The van der Waals surface area contributed by atoms with Gasteiger partial charge in [0.25, 0.3) is 5.91 Å². The van der Waals surface area contributed by atoms with Gasteiger partial charge in [0.2, 0.25) is 0 Å². The molecule has 20 heavy (non-hydrogen) atoms. The maximum atomic E-state index is 12.2. The van der Waals surface area contributed by atoms with Crippen LogP contribution in [0.1, 0.15) is 33.2 Å². The van der Waals surface area contributed by atoms with Gasteiger partial charge in [-0.05, 0) is 43.7 Å². The Kier molecular flexibility index (Phi) is 4.35. The first-order chi connectivity index (χ1) is 9.47. The summed E-state index contributed by atoms with van der Waals surface area (Å²) in [7, 11) is 0. The van der Waals surface area contributed by atoms with Gasteiger partial charge in [-0.1, -0.05) is 34.1 Å². The van der Waals surface area contributed by atoms with Gasteiger partial charge in [-0.25, -0.2) is 0 Å². The van der Waals surface area contributed by atoms with Crippen LogP contribution in [0, 0.1) is 6.92 Å². The van der Waals surface area contributed by atoms with Crippen LogP contribution in [0.5, 0.6) is 0 Å². The van der Waals surface area contributed by atoms with E-state index in [1.54, 1.807) is 24.3 Å². The topological polar surface area (TPSA) is 46.2 Å². The van der Waals surface area contributed by atoms with Gasteiger partial charge in [-0.2, -0.15) is 0 Å². The number of anilines is 1. The molecule has 102 valence electrons. The maximum absolute atomic E-state index is 12.2. The highest BCUT2D eigenvalue weighted by Crippen LogP contribution is 2.21. The molecule has 0 aliphatic carbocycles. The van der Waals surface area contributed by atoms with E-state index in [0.717, 1.165) is 15.7 Å². The van der Waals surface area contributed by atoms with Crippen molar-refractivity contribution in [2.24, 2.45) is 0 Å². The van der Waals surface area contributed by atoms with Crippen LogP contribution in [-0.4, -0.2) is 11.7 Å². The molecule has 0 aliphatic rings. The monoisotopic (exact) mass is 331 g/mol. The highest BCUT2D eigenvalue weighted by molar-refractivity contribution is 9.10. The second-order valence-corrected chi connectivity index (χ2v) is 5.47. The zero-order valence-electron chi connectivity index (χ0n) is 11.2. The number of amides is 1. The van der Waals surface area contributed by atoms with Gasteiger partial charge in [0.05, 0.1) is 0 Å². The fourth-order valence-electron chi connectivity index (χ4n) is 1.80. The lowest BCUT2D eigenvalue weighted by molar-refractivity contribution is 0.101. The molecule has 0 fully saturated rings. The van der Waals surface area contributed by atoms with Crippen molar-refractivity contribution in [2.75, 3.05) is 5.32 Å². The zero-order valence-corrected chi connectivity index (χ0v) is 12.8. The number of hydrogen-bond donors (Lipinski definition) is 1. The molecule has 0 heterocycles. The average Bonchev–Trinajstić information content (AvgIpc) is 2.43. The molecule has 1 N–H and O–H groups in total. The Morgan fingerprint density at radius 2 is 1.75 bits per heavy atom. The Hall–Kier alpha value is -1.94. The predicted octanol–water partition coefficient (Wildman–Crippen LogP) is 4.21. The SMILES string of the molecule is CC(=O)c1cccc(C(=O)Nc2cc(Br)ccc2C)c1.